The Morgan fingerprint density at radius 1 is 1.03 bits per heavy atom. The molecule has 4 aromatic rings. The molecule has 0 aliphatic heterocycles. The van der Waals surface area contributed by atoms with E-state index >= 15 is 0 Å². The van der Waals surface area contributed by atoms with E-state index in [9.17, 15) is 27.2 Å². The number of halogens is 4. The van der Waals surface area contributed by atoms with Crippen molar-refractivity contribution in [3.8, 4) is 16.4 Å². The number of carbonyl (C=O) groups excluding carboxylic acids is 2. The van der Waals surface area contributed by atoms with Crippen molar-refractivity contribution >= 4 is 34.5 Å². The van der Waals surface area contributed by atoms with Gasteiger partial charge in [0.05, 0.1) is 21.8 Å². The lowest BCUT2D eigenvalue weighted by Gasteiger charge is -2.15. The van der Waals surface area contributed by atoms with Crippen LogP contribution >= 0.6 is 11.3 Å². The summed E-state index contributed by atoms with van der Waals surface area (Å²) in [6, 6.07) is 11.9. The lowest BCUT2D eigenvalue weighted by atomic mass is 10.1. The zero-order valence-electron chi connectivity index (χ0n) is 17.4. The molecule has 0 radical (unpaired) electrons. The molecule has 174 valence electrons. The van der Waals surface area contributed by atoms with Crippen molar-refractivity contribution in [3.63, 3.8) is 0 Å². The Morgan fingerprint density at radius 3 is 2.47 bits per heavy atom. The molecule has 0 aliphatic carbocycles. The first-order valence-electron chi connectivity index (χ1n) is 9.69. The molecule has 0 aliphatic rings. The van der Waals surface area contributed by atoms with Crippen LogP contribution in [0.3, 0.4) is 0 Å². The third-order valence-electron chi connectivity index (χ3n) is 4.50. The van der Waals surface area contributed by atoms with Crippen LogP contribution in [0.4, 0.5) is 28.9 Å². The standard InChI is InChI=1S/C22H15F4N5O2S/c1-12(32)27-14-7-8-17(16(11-14)22(24,25)26)28-21(33)19-29-20(18-6-3-9-34-18)31(30-19)15-5-2-4-13(23)10-15/h2-11H,1H3,(H,27,32)(H,28,33). The maximum absolute atomic E-state index is 13.8. The predicted molar refractivity (Wildman–Crippen MR) is 118 cm³/mol. The van der Waals surface area contributed by atoms with Crippen molar-refractivity contribution in [1.29, 1.82) is 0 Å². The van der Waals surface area contributed by atoms with Gasteiger partial charge in [-0.25, -0.2) is 14.1 Å². The van der Waals surface area contributed by atoms with Gasteiger partial charge in [0.15, 0.2) is 5.82 Å². The van der Waals surface area contributed by atoms with Crippen molar-refractivity contribution in [2.45, 2.75) is 13.1 Å². The number of amides is 2. The Labute approximate surface area is 194 Å². The maximum atomic E-state index is 13.8. The smallest absolute Gasteiger partial charge is 0.326 e. The number of alkyl halides is 3. The fourth-order valence-corrected chi connectivity index (χ4v) is 3.81. The molecular weight excluding hydrogens is 474 g/mol. The zero-order valence-corrected chi connectivity index (χ0v) is 18.2. The minimum Gasteiger partial charge on any atom is -0.326 e. The maximum Gasteiger partial charge on any atom is 0.418 e. The number of carbonyl (C=O) groups is 2. The van der Waals surface area contributed by atoms with Crippen LogP contribution in [0.1, 0.15) is 23.1 Å². The van der Waals surface area contributed by atoms with Gasteiger partial charge in [-0.15, -0.1) is 16.4 Å². The van der Waals surface area contributed by atoms with E-state index in [1.165, 1.54) is 40.3 Å². The summed E-state index contributed by atoms with van der Waals surface area (Å²) in [7, 11) is 0. The first-order chi connectivity index (χ1) is 16.1. The number of nitrogens with one attached hydrogen (secondary N) is 2. The van der Waals surface area contributed by atoms with Crippen molar-refractivity contribution < 1.29 is 27.2 Å². The molecule has 2 aromatic heterocycles. The average Bonchev–Trinajstić information content (AvgIpc) is 3.43. The Kier molecular flexibility index (Phi) is 6.16. The molecule has 2 heterocycles. The predicted octanol–water partition coefficient (Wildman–Crippen LogP) is 5.36. The van der Waals surface area contributed by atoms with Crippen LogP contribution in [0.15, 0.2) is 60.0 Å². The topological polar surface area (TPSA) is 88.9 Å². The molecule has 7 nitrogen and oxygen atoms in total. The van der Waals surface area contributed by atoms with Gasteiger partial charge in [-0.1, -0.05) is 12.1 Å². The Bertz CT molecular complexity index is 1370. The second-order valence-electron chi connectivity index (χ2n) is 7.02. The fourth-order valence-electron chi connectivity index (χ4n) is 3.11. The molecule has 2 amide bonds. The average molecular weight is 489 g/mol. The lowest BCUT2D eigenvalue weighted by Crippen LogP contribution is -2.18. The number of nitrogens with zero attached hydrogens (tertiary/aromatic N) is 3. The SMILES string of the molecule is CC(=O)Nc1ccc(NC(=O)c2nc(-c3cccs3)n(-c3cccc(F)c3)n2)c(C(F)(F)F)c1. The molecule has 0 saturated carbocycles. The van der Waals surface area contributed by atoms with Gasteiger partial charge in [-0.05, 0) is 47.8 Å². The molecule has 2 aromatic carbocycles. The fraction of sp³-hybridized carbons (Fsp3) is 0.0909. The van der Waals surface area contributed by atoms with E-state index in [4.69, 9.17) is 0 Å². The van der Waals surface area contributed by atoms with Crippen LogP contribution < -0.4 is 10.6 Å². The van der Waals surface area contributed by atoms with Crippen molar-refractivity contribution in [1.82, 2.24) is 14.8 Å². The van der Waals surface area contributed by atoms with Crippen molar-refractivity contribution in [2.24, 2.45) is 0 Å². The summed E-state index contributed by atoms with van der Waals surface area (Å²) in [5, 5.41) is 10.3. The summed E-state index contributed by atoms with van der Waals surface area (Å²) in [6.07, 6.45) is -4.81. The quantitative estimate of drug-likeness (QED) is 0.369. The molecule has 0 saturated heterocycles. The van der Waals surface area contributed by atoms with E-state index in [-0.39, 0.29) is 17.2 Å². The van der Waals surface area contributed by atoms with Crippen molar-refractivity contribution in [2.75, 3.05) is 10.6 Å². The number of benzene rings is 2. The monoisotopic (exact) mass is 489 g/mol. The highest BCUT2D eigenvalue weighted by atomic mass is 32.1. The van der Waals surface area contributed by atoms with E-state index in [2.05, 4.69) is 20.7 Å². The van der Waals surface area contributed by atoms with E-state index in [0.717, 1.165) is 13.0 Å². The third-order valence-corrected chi connectivity index (χ3v) is 5.36. The number of rotatable bonds is 5. The molecule has 0 unspecified atom stereocenters. The summed E-state index contributed by atoms with van der Waals surface area (Å²) in [5.74, 6) is -2.26. The summed E-state index contributed by atoms with van der Waals surface area (Å²) >= 11 is 1.30. The van der Waals surface area contributed by atoms with Crippen LogP contribution in [-0.2, 0) is 11.0 Å². The number of aromatic nitrogens is 3. The van der Waals surface area contributed by atoms with Crippen LogP contribution in [0.5, 0.6) is 0 Å². The van der Waals surface area contributed by atoms with Crippen LogP contribution in [0, 0.1) is 5.82 Å². The lowest BCUT2D eigenvalue weighted by molar-refractivity contribution is -0.137. The minimum atomic E-state index is -4.81. The molecule has 0 fully saturated rings. The first kappa shape index (κ1) is 23.1. The normalized spacial score (nSPS) is 11.3. The van der Waals surface area contributed by atoms with E-state index in [1.807, 2.05) is 0 Å². The van der Waals surface area contributed by atoms with Gasteiger partial charge >= 0.3 is 6.18 Å². The number of hydrogen-bond acceptors (Lipinski definition) is 5. The van der Waals surface area contributed by atoms with Gasteiger partial charge in [0.1, 0.15) is 5.82 Å². The van der Waals surface area contributed by atoms with Gasteiger partial charge in [-0.2, -0.15) is 13.2 Å². The molecule has 12 heteroatoms. The van der Waals surface area contributed by atoms with Crippen LogP contribution in [0.2, 0.25) is 0 Å². The molecule has 4 rings (SSSR count). The van der Waals surface area contributed by atoms with E-state index in [1.54, 1.807) is 23.6 Å². The van der Waals surface area contributed by atoms with Gasteiger partial charge < -0.3 is 10.6 Å². The Balaban J connectivity index is 1.72. The molecule has 0 spiro atoms. The number of anilines is 2. The Hall–Kier alpha value is -4.06. The number of thiophene rings is 1. The van der Waals surface area contributed by atoms with E-state index < -0.39 is 40.9 Å². The molecule has 0 atom stereocenters. The highest BCUT2D eigenvalue weighted by Crippen LogP contribution is 2.37. The van der Waals surface area contributed by atoms with Gasteiger partial charge in [-0.3, -0.25) is 9.59 Å². The second kappa shape index (κ2) is 9.06. The highest BCUT2D eigenvalue weighted by molar-refractivity contribution is 7.13. The third kappa shape index (κ3) is 4.96. The van der Waals surface area contributed by atoms with Crippen LogP contribution in [-0.4, -0.2) is 26.6 Å². The Morgan fingerprint density at radius 2 is 1.82 bits per heavy atom. The molecular formula is C22H15F4N5O2S. The minimum absolute atomic E-state index is 0.0775. The largest absolute Gasteiger partial charge is 0.418 e. The van der Waals surface area contributed by atoms with Crippen LogP contribution in [0.25, 0.3) is 16.4 Å². The highest BCUT2D eigenvalue weighted by Gasteiger charge is 2.35. The number of hydrogen-bond donors (Lipinski definition) is 2. The van der Waals surface area contributed by atoms with Gasteiger partial charge in [0, 0.05) is 12.6 Å². The zero-order chi connectivity index (χ0) is 24.5. The summed E-state index contributed by atoms with van der Waals surface area (Å²) in [5.41, 5.74) is -1.49. The van der Waals surface area contributed by atoms with Crippen molar-refractivity contribution in [3.05, 3.63) is 77.2 Å². The molecule has 34 heavy (non-hydrogen) atoms. The summed E-state index contributed by atoms with van der Waals surface area (Å²) in [4.78, 5) is 28.8. The second-order valence-corrected chi connectivity index (χ2v) is 7.97. The van der Waals surface area contributed by atoms with E-state index in [0.29, 0.717) is 10.9 Å². The molecule has 0 bridgehead atoms. The molecule has 2 N–H and O–H groups in total. The van der Waals surface area contributed by atoms with Gasteiger partial charge in [0.25, 0.3) is 5.91 Å². The first-order valence-corrected chi connectivity index (χ1v) is 10.6. The summed E-state index contributed by atoms with van der Waals surface area (Å²) < 4.78 is 55.8. The van der Waals surface area contributed by atoms with Gasteiger partial charge in [0.2, 0.25) is 11.7 Å². The summed E-state index contributed by atoms with van der Waals surface area (Å²) in [6.45, 7) is 1.16.